The van der Waals surface area contributed by atoms with E-state index in [0.29, 0.717) is 24.5 Å². The van der Waals surface area contributed by atoms with E-state index in [0.717, 1.165) is 24.9 Å². The fourth-order valence-corrected chi connectivity index (χ4v) is 5.13. The molecular weight excluding hydrogens is 356 g/mol. The van der Waals surface area contributed by atoms with Gasteiger partial charge < -0.3 is 4.90 Å². The number of piperazine rings is 1. The van der Waals surface area contributed by atoms with Crippen molar-refractivity contribution in [3.05, 3.63) is 59.7 Å². The molecule has 0 saturated carbocycles. The first-order valence-electron chi connectivity index (χ1n) is 9.84. The van der Waals surface area contributed by atoms with E-state index >= 15 is 0 Å². The highest BCUT2D eigenvalue weighted by molar-refractivity contribution is 7.89. The summed E-state index contributed by atoms with van der Waals surface area (Å²) in [6.45, 7) is 8.06. The summed E-state index contributed by atoms with van der Waals surface area (Å²) in [5.74, 6) is 0. The van der Waals surface area contributed by atoms with Crippen LogP contribution < -0.4 is 4.90 Å². The second kappa shape index (κ2) is 8.44. The predicted molar refractivity (Wildman–Crippen MR) is 112 cm³/mol. The molecule has 3 rings (SSSR count). The second-order valence-corrected chi connectivity index (χ2v) is 9.43. The van der Waals surface area contributed by atoms with Crippen LogP contribution in [0.2, 0.25) is 0 Å². The van der Waals surface area contributed by atoms with E-state index in [-0.39, 0.29) is 6.04 Å². The van der Waals surface area contributed by atoms with Gasteiger partial charge in [-0.15, -0.1) is 0 Å². The zero-order valence-electron chi connectivity index (χ0n) is 16.6. The summed E-state index contributed by atoms with van der Waals surface area (Å²) in [4.78, 5) is 2.69. The third kappa shape index (κ3) is 4.53. The SMILES string of the molecule is CCCCc1ccc(S(=O)(=O)N2CCN(c3ccc(C)cc3)C(C)C2)cc1. The van der Waals surface area contributed by atoms with E-state index in [1.807, 2.05) is 12.1 Å². The molecule has 0 bridgehead atoms. The quantitative estimate of drug-likeness (QED) is 0.746. The molecule has 4 nitrogen and oxygen atoms in total. The maximum Gasteiger partial charge on any atom is 0.243 e. The zero-order valence-corrected chi connectivity index (χ0v) is 17.4. The monoisotopic (exact) mass is 386 g/mol. The molecule has 1 saturated heterocycles. The Labute approximate surface area is 163 Å². The van der Waals surface area contributed by atoms with Gasteiger partial charge in [-0.25, -0.2) is 8.42 Å². The first-order chi connectivity index (χ1) is 12.9. The van der Waals surface area contributed by atoms with Gasteiger partial charge in [0.2, 0.25) is 10.0 Å². The fourth-order valence-electron chi connectivity index (χ4n) is 3.62. The molecule has 0 spiro atoms. The first-order valence-corrected chi connectivity index (χ1v) is 11.3. The van der Waals surface area contributed by atoms with E-state index in [2.05, 4.69) is 49.9 Å². The lowest BCUT2D eigenvalue weighted by Gasteiger charge is -2.40. The molecule has 0 radical (unpaired) electrons. The summed E-state index contributed by atoms with van der Waals surface area (Å²) in [5.41, 5.74) is 3.59. The number of rotatable bonds is 6. The molecule has 1 aliphatic heterocycles. The van der Waals surface area contributed by atoms with Gasteiger partial charge in [-0.3, -0.25) is 0 Å². The molecular formula is C22H30N2O2S. The number of hydrogen-bond acceptors (Lipinski definition) is 3. The van der Waals surface area contributed by atoms with Crippen LogP contribution in [0.15, 0.2) is 53.4 Å². The molecule has 2 aromatic carbocycles. The van der Waals surface area contributed by atoms with Gasteiger partial charge in [0.15, 0.2) is 0 Å². The van der Waals surface area contributed by atoms with Crippen molar-refractivity contribution in [2.45, 2.75) is 51.0 Å². The van der Waals surface area contributed by atoms with Gasteiger partial charge in [0.05, 0.1) is 4.90 Å². The predicted octanol–water partition coefficient (Wildman–Crippen LogP) is 4.24. The van der Waals surface area contributed by atoms with Crippen LogP contribution in [0.5, 0.6) is 0 Å². The number of benzene rings is 2. The van der Waals surface area contributed by atoms with Crippen LogP contribution in [0, 0.1) is 6.92 Å². The third-order valence-electron chi connectivity index (χ3n) is 5.34. The topological polar surface area (TPSA) is 40.6 Å². The summed E-state index contributed by atoms with van der Waals surface area (Å²) in [6.07, 6.45) is 3.27. The van der Waals surface area contributed by atoms with E-state index in [9.17, 15) is 8.42 Å². The maximum absolute atomic E-state index is 13.1. The number of nitrogens with zero attached hydrogens (tertiary/aromatic N) is 2. The average Bonchev–Trinajstić information content (AvgIpc) is 2.67. The van der Waals surface area contributed by atoms with Crippen molar-refractivity contribution < 1.29 is 8.42 Å². The highest BCUT2D eigenvalue weighted by Crippen LogP contribution is 2.25. The Morgan fingerprint density at radius 1 is 1.00 bits per heavy atom. The van der Waals surface area contributed by atoms with Gasteiger partial charge in [-0.1, -0.05) is 43.2 Å². The molecule has 0 amide bonds. The highest BCUT2D eigenvalue weighted by atomic mass is 32.2. The van der Waals surface area contributed by atoms with Gasteiger partial charge in [0.25, 0.3) is 0 Å². The highest BCUT2D eigenvalue weighted by Gasteiger charge is 2.32. The molecule has 5 heteroatoms. The Morgan fingerprint density at radius 2 is 1.67 bits per heavy atom. The number of sulfonamides is 1. The molecule has 146 valence electrons. The van der Waals surface area contributed by atoms with Crippen LogP contribution in [0.3, 0.4) is 0 Å². The Kier molecular flexibility index (Phi) is 6.22. The molecule has 1 unspecified atom stereocenters. The van der Waals surface area contributed by atoms with Crippen molar-refractivity contribution >= 4 is 15.7 Å². The van der Waals surface area contributed by atoms with Crippen molar-refractivity contribution in [3.63, 3.8) is 0 Å². The van der Waals surface area contributed by atoms with Crippen LogP contribution in [0.1, 0.15) is 37.8 Å². The zero-order chi connectivity index (χ0) is 19.4. The van der Waals surface area contributed by atoms with Crippen LogP contribution >= 0.6 is 0 Å². The molecule has 27 heavy (non-hydrogen) atoms. The van der Waals surface area contributed by atoms with Crippen LogP contribution in [-0.4, -0.2) is 38.4 Å². The molecule has 1 aliphatic rings. The summed E-state index contributed by atoms with van der Waals surface area (Å²) in [7, 11) is -3.44. The van der Waals surface area contributed by atoms with Gasteiger partial charge in [0, 0.05) is 31.4 Å². The van der Waals surface area contributed by atoms with E-state index in [1.54, 1.807) is 16.4 Å². The Hall–Kier alpha value is -1.85. The number of aryl methyl sites for hydroxylation is 2. The molecule has 1 fully saturated rings. The lowest BCUT2D eigenvalue weighted by Crippen LogP contribution is -2.53. The maximum atomic E-state index is 13.1. The van der Waals surface area contributed by atoms with Crippen molar-refractivity contribution in [1.82, 2.24) is 4.31 Å². The lowest BCUT2D eigenvalue weighted by atomic mass is 10.1. The minimum absolute atomic E-state index is 0.139. The number of unbranched alkanes of at least 4 members (excludes halogenated alkanes) is 1. The average molecular weight is 387 g/mol. The van der Waals surface area contributed by atoms with Crippen molar-refractivity contribution in [2.24, 2.45) is 0 Å². The van der Waals surface area contributed by atoms with Gasteiger partial charge in [-0.2, -0.15) is 4.31 Å². The lowest BCUT2D eigenvalue weighted by molar-refractivity contribution is 0.342. The van der Waals surface area contributed by atoms with E-state index < -0.39 is 10.0 Å². The molecule has 2 aromatic rings. The molecule has 1 atom stereocenters. The van der Waals surface area contributed by atoms with Crippen molar-refractivity contribution in [3.8, 4) is 0 Å². The second-order valence-electron chi connectivity index (χ2n) is 7.49. The smallest absolute Gasteiger partial charge is 0.243 e. The van der Waals surface area contributed by atoms with E-state index in [4.69, 9.17) is 0 Å². The minimum Gasteiger partial charge on any atom is -0.366 e. The minimum atomic E-state index is -3.44. The normalized spacial score (nSPS) is 18.6. The third-order valence-corrected chi connectivity index (χ3v) is 7.22. The Balaban J connectivity index is 1.70. The summed E-state index contributed by atoms with van der Waals surface area (Å²) < 4.78 is 27.7. The standard InChI is InChI=1S/C22H30N2O2S/c1-4-5-6-20-9-13-22(14-10-20)27(25,26)23-15-16-24(19(3)17-23)21-11-7-18(2)8-12-21/h7-14,19H,4-6,15-17H2,1-3H3. The number of hydrogen-bond donors (Lipinski definition) is 0. The van der Waals surface area contributed by atoms with Gasteiger partial charge in [0.1, 0.15) is 0 Å². The van der Waals surface area contributed by atoms with Crippen molar-refractivity contribution in [2.75, 3.05) is 24.5 Å². The van der Waals surface area contributed by atoms with Crippen LogP contribution in [0.4, 0.5) is 5.69 Å². The Bertz CT molecular complexity index is 845. The molecule has 0 N–H and O–H groups in total. The summed E-state index contributed by atoms with van der Waals surface area (Å²) in [6, 6.07) is 16.0. The Morgan fingerprint density at radius 3 is 2.26 bits per heavy atom. The van der Waals surface area contributed by atoms with Crippen LogP contribution in [0.25, 0.3) is 0 Å². The molecule has 1 heterocycles. The van der Waals surface area contributed by atoms with Crippen molar-refractivity contribution in [1.29, 1.82) is 0 Å². The summed E-state index contributed by atoms with van der Waals surface area (Å²) in [5, 5.41) is 0. The van der Waals surface area contributed by atoms with Crippen LogP contribution in [-0.2, 0) is 16.4 Å². The number of anilines is 1. The van der Waals surface area contributed by atoms with Gasteiger partial charge >= 0.3 is 0 Å². The summed E-state index contributed by atoms with van der Waals surface area (Å²) >= 11 is 0. The first kappa shape index (κ1) is 19.9. The fraction of sp³-hybridized carbons (Fsp3) is 0.455. The molecule has 0 aromatic heterocycles. The molecule has 0 aliphatic carbocycles. The van der Waals surface area contributed by atoms with Gasteiger partial charge in [-0.05, 0) is 56.5 Å². The van der Waals surface area contributed by atoms with E-state index in [1.165, 1.54) is 11.1 Å². The largest absolute Gasteiger partial charge is 0.366 e.